The molecule has 0 heterocycles. The van der Waals surface area contributed by atoms with E-state index in [9.17, 15) is 9.59 Å². The van der Waals surface area contributed by atoms with Crippen molar-refractivity contribution in [2.24, 2.45) is 0 Å². The van der Waals surface area contributed by atoms with E-state index in [1.54, 1.807) is 13.8 Å². The molecule has 0 saturated heterocycles. The maximum absolute atomic E-state index is 10.9. The molecule has 0 rings (SSSR count). The Morgan fingerprint density at radius 2 is 1.20 bits per heavy atom. The molecule has 0 radical (unpaired) electrons. The van der Waals surface area contributed by atoms with Gasteiger partial charge in [-0.3, -0.25) is 9.59 Å². The lowest BCUT2D eigenvalue weighted by Gasteiger charge is -2.02. The molecule has 0 fully saturated rings. The van der Waals surface area contributed by atoms with E-state index in [2.05, 4.69) is 0 Å². The summed E-state index contributed by atoms with van der Waals surface area (Å²) in [4.78, 5) is 21.8. The van der Waals surface area contributed by atoms with Crippen LogP contribution in [0.25, 0.3) is 0 Å². The molecular weight excluding hydrogens is 196 g/mol. The van der Waals surface area contributed by atoms with Gasteiger partial charge in [0.2, 0.25) is 0 Å². The number of carbonyl (C=O) groups excluding carboxylic acids is 2. The fourth-order valence-electron chi connectivity index (χ4n) is 1.00. The van der Waals surface area contributed by atoms with Crippen LogP contribution in [-0.2, 0) is 19.1 Å². The minimum Gasteiger partial charge on any atom is -0.466 e. The Bertz CT molecular complexity index is 157. The minimum absolute atomic E-state index is 0. The van der Waals surface area contributed by atoms with Gasteiger partial charge in [0.05, 0.1) is 13.2 Å². The third-order valence-electron chi connectivity index (χ3n) is 1.62. The zero-order valence-electron chi connectivity index (χ0n) is 8.88. The van der Waals surface area contributed by atoms with Gasteiger partial charge in [0.15, 0.2) is 0 Å². The standard InChI is InChI=1S/C10H18O4.CH4/c1-3-13-9(11)7-5-6-8-10(12)14-4-2;/h3-8H2,1-2H3;1H4. The Balaban J connectivity index is 0. The zero-order valence-corrected chi connectivity index (χ0v) is 8.88. The Morgan fingerprint density at radius 3 is 1.47 bits per heavy atom. The monoisotopic (exact) mass is 218 g/mol. The summed E-state index contributed by atoms with van der Waals surface area (Å²) in [6, 6.07) is 0. The Kier molecular flexibility index (Phi) is 12.0. The highest BCUT2D eigenvalue weighted by atomic mass is 16.5. The molecule has 0 aromatic carbocycles. The number of unbranched alkanes of at least 4 members (excludes halogenated alkanes) is 1. The molecule has 0 amide bonds. The third-order valence-corrected chi connectivity index (χ3v) is 1.62. The van der Waals surface area contributed by atoms with E-state index in [-0.39, 0.29) is 19.4 Å². The largest absolute Gasteiger partial charge is 0.466 e. The first-order valence-corrected chi connectivity index (χ1v) is 5.02. The van der Waals surface area contributed by atoms with Crippen molar-refractivity contribution in [1.82, 2.24) is 0 Å². The van der Waals surface area contributed by atoms with Gasteiger partial charge in [-0.05, 0) is 26.7 Å². The Morgan fingerprint density at radius 1 is 0.867 bits per heavy atom. The predicted molar refractivity (Wildman–Crippen MR) is 58.5 cm³/mol. The van der Waals surface area contributed by atoms with Gasteiger partial charge in [-0.1, -0.05) is 7.43 Å². The number of rotatable bonds is 7. The second kappa shape index (κ2) is 11.0. The number of carbonyl (C=O) groups is 2. The SMILES string of the molecule is C.CCOC(=O)CCCCC(=O)OCC. The van der Waals surface area contributed by atoms with Gasteiger partial charge < -0.3 is 9.47 Å². The van der Waals surface area contributed by atoms with Crippen molar-refractivity contribution in [2.75, 3.05) is 13.2 Å². The molecule has 0 aromatic heterocycles. The summed E-state index contributed by atoms with van der Waals surface area (Å²) < 4.78 is 9.48. The van der Waals surface area contributed by atoms with Crippen molar-refractivity contribution < 1.29 is 19.1 Å². The zero-order chi connectivity index (χ0) is 10.8. The summed E-state index contributed by atoms with van der Waals surface area (Å²) in [6.07, 6.45) is 2.12. The molecule has 15 heavy (non-hydrogen) atoms. The van der Waals surface area contributed by atoms with Crippen molar-refractivity contribution in [3.05, 3.63) is 0 Å². The Hall–Kier alpha value is -1.06. The van der Waals surface area contributed by atoms with Gasteiger partial charge in [0.25, 0.3) is 0 Å². The van der Waals surface area contributed by atoms with E-state index < -0.39 is 0 Å². The van der Waals surface area contributed by atoms with Crippen LogP contribution in [-0.4, -0.2) is 25.2 Å². The van der Waals surface area contributed by atoms with Crippen LogP contribution in [0.2, 0.25) is 0 Å². The van der Waals surface area contributed by atoms with Crippen LogP contribution in [0.1, 0.15) is 47.0 Å². The molecule has 0 saturated carbocycles. The molecule has 0 spiro atoms. The van der Waals surface area contributed by atoms with Gasteiger partial charge in [-0.25, -0.2) is 0 Å². The van der Waals surface area contributed by atoms with Crippen LogP contribution in [0.5, 0.6) is 0 Å². The third kappa shape index (κ3) is 10.9. The lowest BCUT2D eigenvalue weighted by atomic mass is 10.2. The minimum atomic E-state index is -0.198. The van der Waals surface area contributed by atoms with Crippen LogP contribution in [0, 0.1) is 0 Å². The highest BCUT2D eigenvalue weighted by molar-refractivity contribution is 5.70. The molecular formula is C11H22O4. The number of hydrogen-bond acceptors (Lipinski definition) is 4. The smallest absolute Gasteiger partial charge is 0.305 e. The van der Waals surface area contributed by atoms with Crippen molar-refractivity contribution >= 4 is 11.9 Å². The van der Waals surface area contributed by atoms with Gasteiger partial charge in [-0.2, -0.15) is 0 Å². The molecule has 90 valence electrons. The first kappa shape index (κ1) is 16.4. The first-order chi connectivity index (χ1) is 6.70. The number of hydrogen-bond donors (Lipinski definition) is 0. The summed E-state index contributed by atoms with van der Waals surface area (Å²) in [6.45, 7) is 4.38. The van der Waals surface area contributed by atoms with Gasteiger partial charge in [0, 0.05) is 12.8 Å². The molecule has 0 aromatic rings. The molecule has 0 N–H and O–H groups in total. The van der Waals surface area contributed by atoms with Crippen molar-refractivity contribution in [1.29, 1.82) is 0 Å². The van der Waals surface area contributed by atoms with E-state index >= 15 is 0 Å². The fourth-order valence-corrected chi connectivity index (χ4v) is 1.00. The topological polar surface area (TPSA) is 52.6 Å². The summed E-state index contributed by atoms with van der Waals surface area (Å²) in [5.41, 5.74) is 0. The van der Waals surface area contributed by atoms with Gasteiger partial charge in [-0.15, -0.1) is 0 Å². The maximum atomic E-state index is 10.9. The Labute approximate surface area is 91.9 Å². The number of ether oxygens (including phenoxy) is 2. The summed E-state index contributed by atoms with van der Waals surface area (Å²) in [5, 5.41) is 0. The van der Waals surface area contributed by atoms with Crippen LogP contribution < -0.4 is 0 Å². The molecule has 4 nitrogen and oxygen atoms in total. The molecule has 0 bridgehead atoms. The van der Waals surface area contributed by atoms with E-state index in [1.165, 1.54) is 0 Å². The second-order valence-electron chi connectivity index (χ2n) is 2.82. The summed E-state index contributed by atoms with van der Waals surface area (Å²) >= 11 is 0. The maximum Gasteiger partial charge on any atom is 0.305 e. The van der Waals surface area contributed by atoms with E-state index in [4.69, 9.17) is 9.47 Å². The summed E-state index contributed by atoms with van der Waals surface area (Å²) in [5.74, 6) is -0.396. The number of esters is 2. The molecule has 0 atom stereocenters. The van der Waals surface area contributed by atoms with Crippen molar-refractivity contribution in [3.8, 4) is 0 Å². The molecule has 0 aliphatic carbocycles. The van der Waals surface area contributed by atoms with Crippen LogP contribution in [0.4, 0.5) is 0 Å². The van der Waals surface area contributed by atoms with Gasteiger partial charge in [0.1, 0.15) is 0 Å². The molecule has 0 aliphatic rings. The predicted octanol–water partition coefficient (Wildman–Crippen LogP) is 2.31. The lowest BCUT2D eigenvalue weighted by Crippen LogP contribution is -2.06. The summed E-state index contributed by atoms with van der Waals surface area (Å²) in [7, 11) is 0. The average molecular weight is 218 g/mol. The van der Waals surface area contributed by atoms with Crippen molar-refractivity contribution in [3.63, 3.8) is 0 Å². The fraction of sp³-hybridized carbons (Fsp3) is 0.818. The molecule has 0 unspecified atom stereocenters. The molecule has 0 aliphatic heterocycles. The normalized spacial score (nSPS) is 8.93. The average Bonchev–Trinajstić information content (AvgIpc) is 2.13. The first-order valence-electron chi connectivity index (χ1n) is 5.02. The van der Waals surface area contributed by atoms with Crippen LogP contribution in [0.15, 0.2) is 0 Å². The second-order valence-corrected chi connectivity index (χ2v) is 2.82. The highest BCUT2D eigenvalue weighted by Crippen LogP contribution is 2.02. The quantitative estimate of drug-likeness (QED) is 0.486. The van der Waals surface area contributed by atoms with Crippen LogP contribution in [0.3, 0.4) is 0 Å². The van der Waals surface area contributed by atoms with Gasteiger partial charge >= 0.3 is 11.9 Å². The van der Waals surface area contributed by atoms with Crippen LogP contribution >= 0.6 is 0 Å². The van der Waals surface area contributed by atoms with E-state index in [0.29, 0.717) is 38.9 Å². The highest BCUT2D eigenvalue weighted by Gasteiger charge is 2.04. The van der Waals surface area contributed by atoms with E-state index in [1.807, 2.05) is 0 Å². The molecule has 4 heteroatoms. The van der Waals surface area contributed by atoms with Crippen molar-refractivity contribution in [2.45, 2.75) is 47.0 Å². The lowest BCUT2D eigenvalue weighted by molar-refractivity contribution is -0.145. The van der Waals surface area contributed by atoms with E-state index in [0.717, 1.165) is 0 Å².